The van der Waals surface area contributed by atoms with Crippen LogP contribution in [0.4, 0.5) is 0 Å². The average molecular weight is 475 g/mol. The average Bonchev–Trinajstić information content (AvgIpc) is 3.15. The van der Waals surface area contributed by atoms with Gasteiger partial charge in [0.05, 0.1) is 6.10 Å². The fourth-order valence-electron chi connectivity index (χ4n) is 7.20. The first-order valence-corrected chi connectivity index (χ1v) is 13.9. The Hall–Kier alpha value is -0.940. The number of hydrogen-bond donors (Lipinski definition) is 3. The van der Waals surface area contributed by atoms with E-state index < -0.39 is 18.3 Å². The molecule has 0 heterocycles. The van der Waals surface area contributed by atoms with Gasteiger partial charge in [-0.1, -0.05) is 71.3 Å². The molecule has 4 heteroatoms. The van der Waals surface area contributed by atoms with Gasteiger partial charge in [-0.3, -0.25) is 0 Å². The highest BCUT2D eigenvalue weighted by Crippen LogP contribution is 2.60. The Morgan fingerprint density at radius 3 is 2.59 bits per heavy atom. The minimum atomic E-state index is -0.911. The topological polar surface area (TPSA) is 69.9 Å². The molecule has 3 saturated carbocycles. The molecule has 0 aromatic rings. The lowest BCUT2D eigenvalue weighted by molar-refractivity contribution is -0.0968. The van der Waals surface area contributed by atoms with E-state index >= 15 is 0 Å². The molecule has 4 nitrogen and oxygen atoms in total. The summed E-state index contributed by atoms with van der Waals surface area (Å²) in [5.41, 5.74) is 3.53. The van der Waals surface area contributed by atoms with Crippen LogP contribution in [0.1, 0.15) is 91.9 Å². The molecule has 0 aliphatic heterocycles. The summed E-state index contributed by atoms with van der Waals surface area (Å²) in [7, 11) is 0. The number of allylic oxidation sites excluding steroid dienone is 3. The molecule has 3 aliphatic rings. The van der Waals surface area contributed by atoms with Crippen LogP contribution in [0.25, 0.3) is 0 Å². The number of aliphatic hydroxyl groups is 3. The summed E-state index contributed by atoms with van der Waals surface area (Å²) < 4.78 is 5.64. The second-order valence-electron chi connectivity index (χ2n) is 12.0. The molecular weight excluding hydrogens is 424 g/mol. The lowest BCUT2D eigenvalue weighted by atomic mass is 9.60. The molecule has 0 spiro atoms. The van der Waals surface area contributed by atoms with Crippen molar-refractivity contribution in [3.8, 4) is 0 Å². The largest absolute Gasteiger partial charge is 0.396 e. The molecule has 3 N–H and O–H groups in total. The van der Waals surface area contributed by atoms with Gasteiger partial charge in [-0.2, -0.15) is 0 Å². The molecule has 0 aromatic carbocycles. The van der Waals surface area contributed by atoms with Crippen molar-refractivity contribution in [3.05, 3.63) is 35.5 Å². The summed E-state index contributed by atoms with van der Waals surface area (Å²) in [6, 6.07) is 0. The van der Waals surface area contributed by atoms with Gasteiger partial charge in [0.2, 0.25) is 0 Å². The maximum Gasteiger partial charge on any atom is 0.114 e. The van der Waals surface area contributed by atoms with E-state index in [9.17, 15) is 10.2 Å². The van der Waals surface area contributed by atoms with Crippen LogP contribution in [-0.4, -0.2) is 46.8 Å². The van der Waals surface area contributed by atoms with Gasteiger partial charge in [0, 0.05) is 19.6 Å². The van der Waals surface area contributed by atoms with E-state index in [2.05, 4.69) is 46.4 Å². The zero-order valence-corrected chi connectivity index (χ0v) is 22.1. The molecular formula is C30H50O4. The third-order valence-electron chi connectivity index (χ3n) is 9.17. The van der Waals surface area contributed by atoms with Crippen molar-refractivity contribution in [2.24, 2.45) is 29.1 Å². The number of hydrogen-bond acceptors (Lipinski definition) is 4. The van der Waals surface area contributed by atoms with Crippen LogP contribution in [0.5, 0.6) is 0 Å². The van der Waals surface area contributed by atoms with Gasteiger partial charge in [-0.15, -0.1) is 0 Å². The van der Waals surface area contributed by atoms with Crippen molar-refractivity contribution >= 4 is 0 Å². The highest BCUT2D eigenvalue weighted by atomic mass is 16.5. The number of fused-ring (bicyclic) bond motifs is 1. The molecule has 3 rings (SSSR count). The highest BCUT2D eigenvalue weighted by molar-refractivity contribution is 5.40. The van der Waals surface area contributed by atoms with Gasteiger partial charge in [-0.25, -0.2) is 0 Å². The number of rotatable bonds is 10. The summed E-state index contributed by atoms with van der Waals surface area (Å²) >= 11 is 0. The third-order valence-corrected chi connectivity index (χ3v) is 9.17. The molecule has 0 amide bonds. The van der Waals surface area contributed by atoms with Crippen LogP contribution < -0.4 is 0 Å². The van der Waals surface area contributed by atoms with Crippen molar-refractivity contribution in [3.63, 3.8) is 0 Å². The first kappa shape index (κ1) is 27.6. The minimum absolute atomic E-state index is 0.0379. The van der Waals surface area contributed by atoms with Gasteiger partial charge < -0.3 is 20.1 Å². The highest BCUT2D eigenvalue weighted by Gasteiger charge is 2.50. The van der Waals surface area contributed by atoms with E-state index in [1.165, 1.54) is 44.9 Å². The molecule has 3 fully saturated rings. The molecule has 0 saturated heterocycles. The van der Waals surface area contributed by atoms with Crippen molar-refractivity contribution < 1.29 is 20.1 Å². The van der Waals surface area contributed by atoms with Crippen LogP contribution >= 0.6 is 0 Å². The maximum atomic E-state index is 10.7. The Kier molecular flexibility index (Phi) is 10.0. The second-order valence-corrected chi connectivity index (χ2v) is 12.0. The van der Waals surface area contributed by atoms with Crippen molar-refractivity contribution in [1.82, 2.24) is 0 Å². The Morgan fingerprint density at radius 1 is 1.12 bits per heavy atom. The fraction of sp³-hybridized carbons (Fsp3) is 0.800. The Labute approximate surface area is 208 Å². The molecule has 34 heavy (non-hydrogen) atoms. The summed E-state index contributed by atoms with van der Waals surface area (Å²) in [6.45, 7) is 14.2. The molecule has 7 atom stereocenters. The molecule has 0 radical (unpaired) electrons. The van der Waals surface area contributed by atoms with E-state index in [-0.39, 0.29) is 6.61 Å². The van der Waals surface area contributed by atoms with Crippen LogP contribution in [-0.2, 0) is 4.74 Å². The second kappa shape index (κ2) is 12.3. The van der Waals surface area contributed by atoms with Gasteiger partial charge in [0.1, 0.15) is 12.2 Å². The predicted octanol–water partition coefficient (Wildman–Crippen LogP) is 5.97. The van der Waals surface area contributed by atoms with Crippen LogP contribution in [0.15, 0.2) is 35.5 Å². The third kappa shape index (κ3) is 6.24. The Morgan fingerprint density at radius 2 is 1.88 bits per heavy atom. The SMILES string of the molecule is C=C1/C(=C\C=C2/CCC[C@]3(C)[C@@H]([C@H](C)CCCC(C)C)CC[C@@H]23)C[C@@H](O)[C@@H](OCCCO)[C@@H]1O. The van der Waals surface area contributed by atoms with Crippen molar-refractivity contribution in [1.29, 1.82) is 0 Å². The van der Waals surface area contributed by atoms with E-state index in [4.69, 9.17) is 9.84 Å². The monoisotopic (exact) mass is 474 g/mol. The predicted molar refractivity (Wildman–Crippen MR) is 139 cm³/mol. The summed E-state index contributed by atoms with van der Waals surface area (Å²) in [4.78, 5) is 0. The normalized spacial score (nSPS) is 37.5. The lowest BCUT2D eigenvalue weighted by Crippen LogP contribution is -2.45. The zero-order chi connectivity index (χ0) is 24.9. The van der Waals surface area contributed by atoms with Crippen molar-refractivity contribution in [2.75, 3.05) is 13.2 Å². The first-order valence-electron chi connectivity index (χ1n) is 13.9. The first-order chi connectivity index (χ1) is 16.2. The summed E-state index contributed by atoms with van der Waals surface area (Å²) in [5, 5.41) is 30.3. The Bertz CT molecular complexity index is 738. The molecule has 194 valence electrons. The van der Waals surface area contributed by atoms with Gasteiger partial charge in [-0.05, 0) is 78.8 Å². The van der Waals surface area contributed by atoms with Gasteiger partial charge in [0.15, 0.2) is 0 Å². The van der Waals surface area contributed by atoms with Gasteiger partial charge in [0.25, 0.3) is 0 Å². The van der Waals surface area contributed by atoms with E-state index in [1.807, 2.05) is 0 Å². The van der Waals surface area contributed by atoms with Crippen LogP contribution in [0.2, 0.25) is 0 Å². The van der Waals surface area contributed by atoms with E-state index in [0.717, 1.165) is 29.7 Å². The number of ether oxygens (including phenoxy) is 1. The van der Waals surface area contributed by atoms with E-state index in [0.29, 0.717) is 36.4 Å². The number of aliphatic hydroxyl groups excluding tert-OH is 3. The molecule has 3 aliphatic carbocycles. The standard InChI is InChI=1S/C30H50O4/c1-20(2)9-6-10-21(3)25-14-15-26-23(11-7-16-30(25,26)5)12-13-24-19-27(32)29(28(33)22(24)4)34-18-8-17-31/h12-13,20-21,25-29,31-33H,4,6-11,14-19H2,1-3,5H3/b23-12+,24-13-/t21-,25-,26+,27-,28-,29-,30-/m1/s1. The Balaban J connectivity index is 1.68. The quantitative estimate of drug-likeness (QED) is 0.341. The van der Waals surface area contributed by atoms with Gasteiger partial charge >= 0.3 is 0 Å². The van der Waals surface area contributed by atoms with Crippen LogP contribution in [0.3, 0.4) is 0 Å². The molecule has 0 unspecified atom stereocenters. The van der Waals surface area contributed by atoms with Crippen LogP contribution in [0, 0.1) is 29.1 Å². The molecule has 0 bridgehead atoms. The lowest BCUT2D eigenvalue weighted by Gasteiger charge is -2.44. The summed E-state index contributed by atoms with van der Waals surface area (Å²) in [6.07, 6.45) is 13.4. The van der Waals surface area contributed by atoms with E-state index in [1.54, 1.807) is 5.57 Å². The maximum absolute atomic E-state index is 10.7. The smallest absolute Gasteiger partial charge is 0.114 e. The zero-order valence-electron chi connectivity index (χ0n) is 22.1. The van der Waals surface area contributed by atoms with Crippen molar-refractivity contribution in [2.45, 2.75) is 110 Å². The minimum Gasteiger partial charge on any atom is -0.396 e. The molecule has 0 aromatic heterocycles. The fourth-order valence-corrected chi connectivity index (χ4v) is 7.20. The summed E-state index contributed by atoms with van der Waals surface area (Å²) in [5.74, 6) is 3.05.